The topological polar surface area (TPSA) is 64.4 Å². The molecule has 0 spiro atoms. The Hall–Kier alpha value is -2.50. The van der Waals surface area contributed by atoms with E-state index in [1.165, 1.54) is 25.5 Å². The van der Waals surface area contributed by atoms with E-state index < -0.39 is 0 Å². The van der Waals surface area contributed by atoms with E-state index in [0.717, 1.165) is 12.2 Å². The summed E-state index contributed by atoms with van der Waals surface area (Å²) in [6, 6.07) is 12.3. The molecule has 0 atom stereocenters. The van der Waals surface area contributed by atoms with Crippen molar-refractivity contribution in [1.29, 1.82) is 0 Å². The van der Waals surface area contributed by atoms with Crippen LogP contribution < -0.4 is 10.1 Å². The average molecular weight is 433 g/mol. The second-order valence-corrected chi connectivity index (χ2v) is 7.37. The van der Waals surface area contributed by atoms with Crippen molar-refractivity contribution in [2.24, 2.45) is 0 Å². The third kappa shape index (κ3) is 5.99. The van der Waals surface area contributed by atoms with Crippen molar-refractivity contribution in [3.63, 3.8) is 0 Å². The molecule has 1 aromatic heterocycles. The largest absolute Gasteiger partial charge is 0.494 e. The number of carbonyl (C=O) groups excluding carboxylic acids is 1. The summed E-state index contributed by atoms with van der Waals surface area (Å²) in [6.45, 7) is 2.88. The number of unbranched alkanes of at least 4 members (excludes halogenated alkanes) is 3. The molecule has 0 aliphatic heterocycles. The highest BCUT2D eigenvalue weighted by Crippen LogP contribution is 2.28. The van der Waals surface area contributed by atoms with Crippen molar-refractivity contribution in [3.05, 3.63) is 64.5 Å². The van der Waals surface area contributed by atoms with Gasteiger partial charge in [0.25, 0.3) is 5.91 Å². The lowest BCUT2D eigenvalue weighted by atomic mass is 10.2. The summed E-state index contributed by atoms with van der Waals surface area (Å²) in [5.74, 6) is 0.705. The monoisotopic (exact) mass is 432 g/mol. The number of hydrogen-bond donors (Lipinski definition) is 1. The van der Waals surface area contributed by atoms with E-state index in [1.807, 2.05) is 12.1 Å². The van der Waals surface area contributed by atoms with E-state index in [2.05, 4.69) is 17.2 Å². The van der Waals surface area contributed by atoms with Gasteiger partial charge in [-0.25, -0.2) is 4.98 Å². The minimum absolute atomic E-state index is 0.169. The first-order chi connectivity index (χ1) is 14.1. The van der Waals surface area contributed by atoms with Crippen LogP contribution in [0.25, 0.3) is 11.5 Å². The number of aromatic nitrogens is 1. The van der Waals surface area contributed by atoms with Crippen LogP contribution in [0, 0.1) is 0 Å². The maximum absolute atomic E-state index is 12.4. The Bertz CT molecular complexity index is 955. The minimum Gasteiger partial charge on any atom is -0.494 e. The normalized spacial score (nSPS) is 10.7. The molecule has 0 bridgehead atoms. The van der Waals surface area contributed by atoms with E-state index >= 15 is 0 Å². The molecular formula is C22H22Cl2N2O3. The second-order valence-electron chi connectivity index (χ2n) is 6.55. The van der Waals surface area contributed by atoms with E-state index in [1.54, 1.807) is 30.3 Å². The third-order valence-electron chi connectivity index (χ3n) is 4.28. The SMILES string of the molecule is CCCCCCOc1ccc(NC(=O)c2coc(-c3ccc(Cl)c(Cl)c3)n2)cc1. The maximum atomic E-state index is 12.4. The number of halogens is 2. The first-order valence-electron chi connectivity index (χ1n) is 9.52. The first kappa shape index (κ1) is 21.2. The number of amides is 1. The second kappa shape index (κ2) is 10.3. The Morgan fingerprint density at radius 1 is 1.07 bits per heavy atom. The van der Waals surface area contributed by atoms with Crippen LogP contribution >= 0.6 is 23.2 Å². The first-order valence-corrected chi connectivity index (χ1v) is 10.3. The minimum atomic E-state index is -0.367. The van der Waals surface area contributed by atoms with Gasteiger partial charge < -0.3 is 14.5 Å². The zero-order valence-electron chi connectivity index (χ0n) is 16.1. The van der Waals surface area contributed by atoms with E-state index in [4.69, 9.17) is 32.4 Å². The Morgan fingerprint density at radius 3 is 2.59 bits per heavy atom. The van der Waals surface area contributed by atoms with Gasteiger partial charge in [-0.1, -0.05) is 49.4 Å². The van der Waals surface area contributed by atoms with E-state index in [0.29, 0.717) is 33.8 Å². The molecule has 0 fully saturated rings. The fourth-order valence-electron chi connectivity index (χ4n) is 2.69. The van der Waals surface area contributed by atoms with Gasteiger partial charge in [0.1, 0.15) is 12.0 Å². The zero-order valence-corrected chi connectivity index (χ0v) is 17.6. The molecular weight excluding hydrogens is 411 g/mol. The number of hydrogen-bond acceptors (Lipinski definition) is 4. The average Bonchev–Trinajstić information content (AvgIpc) is 3.21. The number of rotatable bonds is 9. The number of nitrogens with one attached hydrogen (secondary N) is 1. The van der Waals surface area contributed by atoms with Gasteiger partial charge in [-0.3, -0.25) is 4.79 Å². The van der Waals surface area contributed by atoms with Crippen LogP contribution in [-0.2, 0) is 0 Å². The van der Waals surface area contributed by atoms with Crippen LogP contribution in [-0.4, -0.2) is 17.5 Å². The molecule has 0 aliphatic carbocycles. The predicted octanol–water partition coefficient (Wildman–Crippen LogP) is 6.86. The number of benzene rings is 2. The van der Waals surface area contributed by atoms with Crippen LogP contribution in [0.15, 0.2) is 53.1 Å². The summed E-state index contributed by atoms with van der Waals surface area (Å²) in [6.07, 6.45) is 5.95. The number of anilines is 1. The molecule has 0 saturated heterocycles. The summed E-state index contributed by atoms with van der Waals surface area (Å²) < 4.78 is 11.1. The van der Waals surface area contributed by atoms with Crippen LogP contribution in [0.2, 0.25) is 10.0 Å². The van der Waals surface area contributed by atoms with Crippen molar-refractivity contribution in [2.75, 3.05) is 11.9 Å². The molecule has 1 heterocycles. The highest BCUT2D eigenvalue weighted by atomic mass is 35.5. The van der Waals surface area contributed by atoms with Gasteiger partial charge >= 0.3 is 0 Å². The van der Waals surface area contributed by atoms with Crippen molar-refractivity contribution in [2.45, 2.75) is 32.6 Å². The van der Waals surface area contributed by atoms with Gasteiger partial charge in [0.05, 0.1) is 16.7 Å². The lowest BCUT2D eigenvalue weighted by molar-refractivity contribution is 0.102. The molecule has 0 aliphatic rings. The molecule has 3 rings (SSSR count). The van der Waals surface area contributed by atoms with Gasteiger partial charge in [-0.15, -0.1) is 0 Å². The molecule has 7 heteroatoms. The predicted molar refractivity (Wildman–Crippen MR) is 116 cm³/mol. The van der Waals surface area contributed by atoms with Crippen LogP contribution in [0.4, 0.5) is 5.69 Å². The highest BCUT2D eigenvalue weighted by Gasteiger charge is 2.14. The summed E-state index contributed by atoms with van der Waals surface area (Å²) in [5, 5.41) is 3.62. The number of ether oxygens (including phenoxy) is 1. The van der Waals surface area contributed by atoms with Crippen molar-refractivity contribution in [1.82, 2.24) is 4.98 Å². The van der Waals surface area contributed by atoms with Gasteiger partial charge in [0.2, 0.25) is 5.89 Å². The van der Waals surface area contributed by atoms with Crippen molar-refractivity contribution in [3.8, 4) is 17.2 Å². The van der Waals surface area contributed by atoms with Gasteiger partial charge in [0, 0.05) is 11.3 Å². The van der Waals surface area contributed by atoms with Gasteiger partial charge in [0.15, 0.2) is 5.69 Å². The summed E-state index contributed by atoms with van der Waals surface area (Å²) in [7, 11) is 0. The van der Waals surface area contributed by atoms with Gasteiger partial charge in [-0.2, -0.15) is 0 Å². The molecule has 2 aromatic carbocycles. The standard InChI is InChI=1S/C22H22Cl2N2O3/c1-2-3-4-5-12-28-17-9-7-16(8-10-17)25-21(27)20-14-29-22(26-20)15-6-11-18(23)19(24)13-15/h6-11,13-14H,2-5,12H2,1H3,(H,25,27). The Kier molecular flexibility index (Phi) is 7.55. The Balaban J connectivity index is 1.56. The molecule has 0 saturated carbocycles. The third-order valence-corrected chi connectivity index (χ3v) is 5.02. The molecule has 29 heavy (non-hydrogen) atoms. The van der Waals surface area contributed by atoms with E-state index in [9.17, 15) is 4.79 Å². The lowest BCUT2D eigenvalue weighted by Crippen LogP contribution is -2.12. The van der Waals surface area contributed by atoms with Crippen molar-refractivity contribution >= 4 is 34.8 Å². The van der Waals surface area contributed by atoms with Crippen LogP contribution in [0.3, 0.4) is 0 Å². The summed E-state index contributed by atoms with van der Waals surface area (Å²) in [5.41, 5.74) is 1.45. The Morgan fingerprint density at radius 2 is 1.86 bits per heavy atom. The quantitative estimate of drug-likeness (QED) is 0.375. The molecule has 1 amide bonds. The van der Waals surface area contributed by atoms with Crippen LogP contribution in [0.5, 0.6) is 5.75 Å². The fourth-order valence-corrected chi connectivity index (χ4v) is 2.99. The number of nitrogens with zero attached hydrogens (tertiary/aromatic N) is 1. The smallest absolute Gasteiger partial charge is 0.277 e. The molecule has 5 nitrogen and oxygen atoms in total. The van der Waals surface area contributed by atoms with Crippen molar-refractivity contribution < 1.29 is 13.9 Å². The lowest BCUT2D eigenvalue weighted by Gasteiger charge is -2.07. The van der Waals surface area contributed by atoms with Gasteiger partial charge in [-0.05, 0) is 48.9 Å². The zero-order chi connectivity index (χ0) is 20.6. The fraction of sp³-hybridized carbons (Fsp3) is 0.273. The number of oxazole rings is 1. The Labute approximate surface area is 180 Å². The molecule has 1 N–H and O–H groups in total. The summed E-state index contributed by atoms with van der Waals surface area (Å²) in [4.78, 5) is 16.6. The highest BCUT2D eigenvalue weighted by molar-refractivity contribution is 6.42. The van der Waals surface area contributed by atoms with E-state index in [-0.39, 0.29) is 11.6 Å². The molecule has 0 radical (unpaired) electrons. The summed E-state index contributed by atoms with van der Waals surface area (Å²) >= 11 is 11.9. The number of carbonyl (C=O) groups is 1. The molecule has 0 unspecified atom stereocenters. The molecule has 152 valence electrons. The van der Waals surface area contributed by atoms with Crippen LogP contribution in [0.1, 0.15) is 43.1 Å². The maximum Gasteiger partial charge on any atom is 0.277 e. The molecule has 3 aromatic rings.